The molecule has 2 aromatic carbocycles. The highest BCUT2D eigenvalue weighted by Gasteiger charge is 2.11. The van der Waals surface area contributed by atoms with Gasteiger partial charge in [0.25, 0.3) is 0 Å². The first kappa shape index (κ1) is 10.9. The Morgan fingerprint density at radius 2 is 1.68 bits per heavy atom. The molecule has 0 bridgehead atoms. The van der Waals surface area contributed by atoms with E-state index < -0.39 is 0 Å². The van der Waals surface area contributed by atoms with Crippen LogP contribution in [-0.4, -0.2) is 4.98 Å². The molecule has 0 spiro atoms. The molecule has 19 heavy (non-hydrogen) atoms. The van der Waals surface area contributed by atoms with Crippen LogP contribution in [0.15, 0.2) is 42.6 Å². The molecule has 0 amide bonds. The maximum atomic E-state index is 4.57. The molecule has 0 fully saturated rings. The Bertz CT molecular complexity index is 934. The Labute approximate surface area is 115 Å². The van der Waals surface area contributed by atoms with Crippen LogP contribution in [0.25, 0.3) is 31.1 Å². The maximum absolute atomic E-state index is 4.57. The van der Waals surface area contributed by atoms with Gasteiger partial charge < -0.3 is 0 Å². The lowest BCUT2D eigenvalue weighted by molar-refractivity contribution is 1.39. The lowest BCUT2D eigenvalue weighted by Gasteiger charge is -2.00. The summed E-state index contributed by atoms with van der Waals surface area (Å²) in [5.74, 6) is 0. The lowest BCUT2D eigenvalue weighted by Crippen LogP contribution is -1.79. The van der Waals surface area contributed by atoms with Crippen LogP contribution in [0.5, 0.6) is 0 Å². The van der Waals surface area contributed by atoms with E-state index in [0.29, 0.717) is 0 Å². The summed E-state index contributed by atoms with van der Waals surface area (Å²) < 4.78 is 2.70. The Hall–Kier alpha value is -1.93. The molecule has 0 saturated carbocycles. The van der Waals surface area contributed by atoms with E-state index in [0.717, 1.165) is 5.52 Å². The number of hydrogen-bond donors (Lipinski definition) is 0. The quantitative estimate of drug-likeness (QED) is 0.424. The van der Waals surface area contributed by atoms with E-state index in [2.05, 4.69) is 49.2 Å². The fourth-order valence-corrected chi connectivity index (χ4v) is 4.03. The molecular weight excluding hydrogens is 250 g/mol. The molecule has 0 aliphatic heterocycles. The number of pyridine rings is 1. The SMILES string of the molecule is Cc1ccc2c(sc3c2ccc2cccnc23)c1C. The number of nitrogens with zero attached hydrogens (tertiary/aromatic N) is 1. The monoisotopic (exact) mass is 263 g/mol. The second kappa shape index (κ2) is 3.78. The van der Waals surface area contributed by atoms with Gasteiger partial charge in [0.05, 0.1) is 10.2 Å². The van der Waals surface area contributed by atoms with Crippen LogP contribution in [0.2, 0.25) is 0 Å². The summed E-state index contributed by atoms with van der Waals surface area (Å²) in [5.41, 5.74) is 3.87. The molecule has 0 radical (unpaired) electrons. The minimum atomic E-state index is 1.12. The van der Waals surface area contributed by atoms with E-state index >= 15 is 0 Å². The fraction of sp³-hybridized carbons (Fsp3) is 0.118. The average Bonchev–Trinajstić information content (AvgIpc) is 2.83. The van der Waals surface area contributed by atoms with E-state index in [1.807, 2.05) is 23.6 Å². The summed E-state index contributed by atoms with van der Waals surface area (Å²) in [6.07, 6.45) is 1.88. The van der Waals surface area contributed by atoms with Crippen molar-refractivity contribution in [2.24, 2.45) is 0 Å². The summed E-state index contributed by atoms with van der Waals surface area (Å²) >= 11 is 1.87. The third kappa shape index (κ3) is 1.44. The van der Waals surface area contributed by atoms with Crippen molar-refractivity contribution in [1.82, 2.24) is 4.98 Å². The third-order valence-electron chi connectivity index (χ3n) is 3.90. The molecule has 0 saturated heterocycles. The molecule has 0 aliphatic rings. The van der Waals surface area contributed by atoms with Gasteiger partial charge in [-0.2, -0.15) is 0 Å². The Morgan fingerprint density at radius 3 is 2.58 bits per heavy atom. The van der Waals surface area contributed by atoms with Crippen molar-refractivity contribution >= 4 is 42.4 Å². The van der Waals surface area contributed by atoms with Crippen LogP contribution < -0.4 is 0 Å². The number of benzene rings is 2. The van der Waals surface area contributed by atoms with E-state index in [1.165, 1.54) is 36.7 Å². The Morgan fingerprint density at radius 1 is 0.895 bits per heavy atom. The van der Waals surface area contributed by atoms with Crippen LogP contribution in [0, 0.1) is 13.8 Å². The van der Waals surface area contributed by atoms with Gasteiger partial charge in [-0.15, -0.1) is 11.3 Å². The number of fused-ring (bicyclic) bond motifs is 5. The predicted molar refractivity (Wildman–Crippen MR) is 84.1 cm³/mol. The van der Waals surface area contributed by atoms with Gasteiger partial charge in [-0.25, -0.2) is 0 Å². The zero-order chi connectivity index (χ0) is 13.0. The smallest absolute Gasteiger partial charge is 0.0880 e. The van der Waals surface area contributed by atoms with E-state index in [4.69, 9.17) is 0 Å². The van der Waals surface area contributed by atoms with Crippen molar-refractivity contribution in [3.8, 4) is 0 Å². The van der Waals surface area contributed by atoms with Crippen molar-refractivity contribution < 1.29 is 0 Å². The first-order valence-corrected chi connectivity index (χ1v) is 7.23. The second-order valence-corrected chi connectivity index (χ2v) is 6.02. The topological polar surface area (TPSA) is 12.9 Å². The van der Waals surface area contributed by atoms with Crippen LogP contribution in [0.4, 0.5) is 0 Å². The molecule has 1 nitrogen and oxygen atoms in total. The maximum Gasteiger partial charge on any atom is 0.0880 e. The number of aromatic nitrogens is 1. The highest BCUT2D eigenvalue weighted by Crippen LogP contribution is 2.39. The van der Waals surface area contributed by atoms with Gasteiger partial charge in [-0.1, -0.05) is 30.3 Å². The molecule has 0 N–H and O–H groups in total. The minimum absolute atomic E-state index is 1.12. The number of hydrogen-bond acceptors (Lipinski definition) is 2. The highest BCUT2D eigenvalue weighted by molar-refractivity contribution is 7.26. The first-order chi connectivity index (χ1) is 9.25. The van der Waals surface area contributed by atoms with Crippen molar-refractivity contribution in [2.45, 2.75) is 13.8 Å². The molecular formula is C17H13NS. The Balaban J connectivity index is 2.30. The number of rotatable bonds is 0. The summed E-state index contributed by atoms with van der Waals surface area (Å²) in [4.78, 5) is 4.57. The summed E-state index contributed by atoms with van der Waals surface area (Å²) in [7, 11) is 0. The van der Waals surface area contributed by atoms with Gasteiger partial charge in [0.2, 0.25) is 0 Å². The van der Waals surface area contributed by atoms with Crippen molar-refractivity contribution in [2.75, 3.05) is 0 Å². The van der Waals surface area contributed by atoms with Gasteiger partial charge in [0.15, 0.2) is 0 Å². The van der Waals surface area contributed by atoms with Gasteiger partial charge in [-0.3, -0.25) is 4.98 Å². The van der Waals surface area contributed by atoms with Crippen molar-refractivity contribution in [3.63, 3.8) is 0 Å². The molecule has 0 atom stereocenters. The van der Waals surface area contributed by atoms with Crippen LogP contribution in [-0.2, 0) is 0 Å². The molecule has 0 aliphatic carbocycles. The van der Waals surface area contributed by atoms with Gasteiger partial charge >= 0.3 is 0 Å². The number of aryl methyl sites for hydroxylation is 2. The van der Waals surface area contributed by atoms with Gasteiger partial charge in [-0.05, 0) is 31.0 Å². The lowest BCUT2D eigenvalue weighted by atomic mass is 10.0. The Kier molecular flexibility index (Phi) is 2.18. The first-order valence-electron chi connectivity index (χ1n) is 6.42. The zero-order valence-corrected chi connectivity index (χ0v) is 11.7. The predicted octanol–water partition coefficient (Wildman–Crippen LogP) is 5.22. The summed E-state index contributed by atoms with van der Waals surface area (Å²) in [5, 5.41) is 3.90. The molecule has 2 aromatic heterocycles. The van der Waals surface area contributed by atoms with E-state index in [-0.39, 0.29) is 0 Å². The van der Waals surface area contributed by atoms with Gasteiger partial charge in [0, 0.05) is 27.1 Å². The highest BCUT2D eigenvalue weighted by atomic mass is 32.1. The van der Waals surface area contributed by atoms with Crippen LogP contribution >= 0.6 is 11.3 Å². The van der Waals surface area contributed by atoms with Crippen LogP contribution in [0.1, 0.15) is 11.1 Å². The normalized spacial score (nSPS) is 11.7. The largest absolute Gasteiger partial charge is 0.255 e. The molecule has 2 heteroatoms. The second-order valence-electron chi connectivity index (χ2n) is 5.00. The minimum Gasteiger partial charge on any atom is -0.255 e. The standard InChI is InChI=1S/C17H13NS/c1-10-5-7-13-14-8-6-12-4-3-9-18-15(12)17(14)19-16(13)11(10)2/h3-9H,1-2H3. The fourth-order valence-electron chi connectivity index (χ4n) is 2.67. The van der Waals surface area contributed by atoms with E-state index in [1.54, 1.807) is 0 Å². The third-order valence-corrected chi connectivity index (χ3v) is 5.25. The molecule has 0 unspecified atom stereocenters. The summed E-state index contributed by atoms with van der Waals surface area (Å²) in [6, 6.07) is 13.0. The van der Waals surface area contributed by atoms with E-state index in [9.17, 15) is 0 Å². The molecule has 2 heterocycles. The molecule has 92 valence electrons. The molecule has 4 aromatic rings. The zero-order valence-electron chi connectivity index (χ0n) is 10.9. The molecule has 4 rings (SSSR count). The number of thiophene rings is 1. The average molecular weight is 263 g/mol. The summed E-state index contributed by atoms with van der Waals surface area (Å²) in [6.45, 7) is 4.39. The van der Waals surface area contributed by atoms with Crippen LogP contribution in [0.3, 0.4) is 0 Å². The van der Waals surface area contributed by atoms with Crippen molar-refractivity contribution in [1.29, 1.82) is 0 Å². The van der Waals surface area contributed by atoms with Gasteiger partial charge in [0.1, 0.15) is 0 Å². The van der Waals surface area contributed by atoms with Crippen molar-refractivity contribution in [3.05, 3.63) is 53.7 Å².